The van der Waals surface area contributed by atoms with Gasteiger partial charge < -0.3 is 14.8 Å². The third-order valence-electron chi connectivity index (χ3n) is 4.85. The number of amides is 1. The van der Waals surface area contributed by atoms with Gasteiger partial charge in [0.15, 0.2) is 0 Å². The SMILES string of the molecule is COCCN(CCOC)S(=O)(=O)c1ccc(C(=O)Nc2ccc3ccccc3c2)cc1. The molecule has 0 aromatic heterocycles. The van der Waals surface area contributed by atoms with Crippen LogP contribution in [0.5, 0.6) is 0 Å². The summed E-state index contributed by atoms with van der Waals surface area (Å²) in [7, 11) is -0.694. The first-order valence-corrected chi connectivity index (χ1v) is 11.3. The zero-order valence-corrected chi connectivity index (χ0v) is 18.4. The van der Waals surface area contributed by atoms with Crippen molar-refractivity contribution in [3.63, 3.8) is 0 Å². The van der Waals surface area contributed by atoms with Gasteiger partial charge in [0, 0.05) is 38.6 Å². The fraction of sp³-hybridized carbons (Fsp3) is 0.261. The molecular weight excluding hydrogens is 416 g/mol. The van der Waals surface area contributed by atoms with E-state index >= 15 is 0 Å². The number of carbonyl (C=O) groups excluding carboxylic acids is 1. The van der Waals surface area contributed by atoms with Gasteiger partial charge in [-0.05, 0) is 47.2 Å². The van der Waals surface area contributed by atoms with Gasteiger partial charge in [0.1, 0.15) is 0 Å². The molecule has 1 amide bonds. The first-order valence-electron chi connectivity index (χ1n) is 9.84. The predicted molar refractivity (Wildman–Crippen MR) is 121 cm³/mol. The number of sulfonamides is 1. The maximum absolute atomic E-state index is 13.0. The molecular formula is C23H26N2O5S. The third-order valence-corrected chi connectivity index (χ3v) is 6.76. The van der Waals surface area contributed by atoms with Crippen molar-refractivity contribution in [3.8, 4) is 0 Å². The summed E-state index contributed by atoms with van der Waals surface area (Å²) in [6.45, 7) is 0.975. The van der Waals surface area contributed by atoms with Crippen LogP contribution >= 0.6 is 0 Å². The van der Waals surface area contributed by atoms with E-state index in [9.17, 15) is 13.2 Å². The summed E-state index contributed by atoms with van der Waals surface area (Å²) in [4.78, 5) is 12.7. The van der Waals surface area contributed by atoms with Gasteiger partial charge in [-0.1, -0.05) is 30.3 Å². The Kier molecular flexibility index (Phi) is 7.75. The van der Waals surface area contributed by atoms with Crippen molar-refractivity contribution in [2.75, 3.05) is 45.8 Å². The van der Waals surface area contributed by atoms with E-state index < -0.39 is 10.0 Å². The maximum atomic E-state index is 13.0. The first-order chi connectivity index (χ1) is 15.0. The van der Waals surface area contributed by atoms with Crippen LogP contribution in [0.4, 0.5) is 5.69 Å². The van der Waals surface area contributed by atoms with Gasteiger partial charge in [-0.3, -0.25) is 4.79 Å². The zero-order valence-electron chi connectivity index (χ0n) is 17.6. The molecule has 0 aliphatic rings. The second kappa shape index (κ2) is 10.5. The van der Waals surface area contributed by atoms with E-state index in [0.29, 0.717) is 11.3 Å². The van der Waals surface area contributed by atoms with Crippen LogP contribution in [0.2, 0.25) is 0 Å². The normalized spacial score (nSPS) is 11.7. The zero-order chi connectivity index (χ0) is 22.3. The van der Waals surface area contributed by atoms with Gasteiger partial charge in [0.05, 0.1) is 18.1 Å². The van der Waals surface area contributed by atoms with Crippen LogP contribution in [0.15, 0.2) is 71.6 Å². The molecule has 8 heteroatoms. The molecule has 0 radical (unpaired) electrons. The topological polar surface area (TPSA) is 84.9 Å². The van der Waals surface area contributed by atoms with E-state index in [2.05, 4.69) is 5.32 Å². The van der Waals surface area contributed by atoms with Gasteiger partial charge in [-0.25, -0.2) is 8.42 Å². The molecule has 0 saturated carbocycles. The Labute approximate surface area is 182 Å². The van der Waals surface area contributed by atoms with Crippen LogP contribution in [-0.4, -0.2) is 59.2 Å². The molecule has 3 aromatic carbocycles. The summed E-state index contributed by atoms with van der Waals surface area (Å²) in [5.41, 5.74) is 1.04. The first kappa shape index (κ1) is 22.9. The van der Waals surface area contributed by atoms with E-state index in [4.69, 9.17) is 9.47 Å². The molecule has 0 bridgehead atoms. The Balaban J connectivity index is 1.74. The van der Waals surface area contributed by atoms with Crippen LogP contribution in [-0.2, 0) is 19.5 Å². The fourth-order valence-corrected chi connectivity index (χ4v) is 4.54. The van der Waals surface area contributed by atoms with Gasteiger partial charge in [0.2, 0.25) is 10.0 Å². The number of hydrogen-bond donors (Lipinski definition) is 1. The van der Waals surface area contributed by atoms with Crippen molar-refractivity contribution in [1.29, 1.82) is 0 Å². The fourth-order valence-electron chi connectivity index (χ4n) is 3.14. The van der Waals surface area contributed by atoms with Gasteiger partial charge in [-0.15, -0.1) is 0 Å². The number of hydrogen-bond acceptors (Lipinski definition) is 5. The summed E-state index contributed by atoms with van der Waals surface area (Å²) in [5.74, 6) is -0.310. The van der Waals surface area contributed by atoms with E-state index in [-0.39, 0.29) is 37.1 Å². The highest BCUT2D eigenvalue weighted by molar-refractivity contribution is 7.89. The molecule has 0 unspecified atom stereocenters. The Morgan fingerprint density at radius 2 is 1.48 bits per heavy atom. The molecule has 0 aliphatic carbocycles. The Hall–Kier alpha value is -2.78. The Morgan fingerprint density at radius 3 is 2.10 bits per heavy atom. The molecule has 0 fully saturated rings. The number of anilines is 1. The average Bonchev–Trinajstić information content (AvgIpc) is 2.79. The van der Waals surface area contributed by atoms with Crippen molar-refractivity contribution in [1.82, 2.24) is 4.31 Å². The lowest BCUT2D eigenvalue weighted by Gasteiger charge is -2.21. The van der Waals surface area contributed by atoms with E-state index in [1.54, 1.807) is 0 Å². The molecule has 0 atom stereocenters. The Morgan fingerprint density at radius 1 is 0.871 bits per heavy atom. The summed E-state index contributed by atoms with van der Waals surface area (Å²) in [6, 6.07) is 19.5. The van der Waals surface area contributed by atoms with Crippen LogP contribution in [0.25, 0.3) is 10.8 Å². The smallest absolute Gasteiger partial charge is 0.255 e. The summed E-state index contributed by atoms with van der Waals surface area (Å²) < 4.78 is 37.3. The average molecular weight is 443 g/mol. The number of nitrogens with zero attached hydrogens (tertiary/aromatic N) is 1. The monoisotopic (exact) mass is 442 g/mol. The number of fused-ring (bicyclic) bond motifs is 1. The number of nitrogens with one attached hydrogen (secondary N) is 1. The van der Waals surface area contributed by atoms with Crippen LogP contribution in [0.1, 0.15) is 10.4 Å². The number of benzene rings is 3. The lowest BCUT2D eigenvalue weighted by molar-refractivity contribution is 0.102. The van der Waals surface area contributed by atoms with E-state index in [1.165, 1.54) is 42.8 Å². The van der Waals surface area contributed by atoms with Crippen LogP contribution in [0, 0.1) is 0 Å². The minimum absolute atomic E-state index is 0.113. The lowest BCUT2D eigenvalue weighted by atomic mass is 10.1. The van der Waals surface area contributed by atoms with Crippen molar-refractivity contribution < 1.29 is 22.7 Å². The second-order valence-corrected chi connectivity index (χ2v) is 8.87. The van der Waals surface area contributed by atoms with Crippen LogP contribution < -0.4 is 5.32 Å². The van der Waals surface area contributed by atoms with Crippen molar-refractivity contribution in [2.24, 2.45) is 0 Å². The molecule has 1 N–H and O–H groups in total. The van der Waals surface area contributed by atoms with Crippen molar-refractivity contribution >= 4 is 32.4 Å². The van der Waals surface area contributed by atoms with Crippen LogP contribution in [0.3, 0.4) is 0 Å². The number of carbonyl (C=O) groups is 1. The highest BCUT2D eigenvalue weighted by Gasteiger charge is 2.24. The molecule has 3 rings (SSSR count). The van der Waals surface area contributed by atoms with Crippen molar-refractivity contribution in [3.05, 3.63) is 72.3 Å². The summed E-state index contributed by atoms with van der Waals surface area (Å²) in [5, 5.41) is 4.96. The molecule has 3 aromatic rings. The quantitative estimate of drug-likeness (QED) is 0.520. The highest BCUT2D eigenvalue weighted by atomic mass is 32.2. The molecule has 31 heavy (non-hydrogen) atoms. The largest absolute Gasteiger partial charge is 0.383 e. The summed E-state index contributed by atoms with van der Waals surface area (Å²) >= 11 is 0. The predicted octanol–water partition coefficient (Wildman–Crippen LogP) is 3.38. The molecule has 164 valence electrons. The van der Waals surface area contributed by atoms with E-state index in [1.807, 2.05) is 42.5 Å². The minimum atomic E-state index is -3.73. The lowest BCUT2D eigenvalue weighted by Crippen LogP contribution is -2.36. The number of rotatable bonds is 10. The van der Waals surface area contributed by atoms with Gasteiger partial charge >= 0.3 is 0 Å². The number of ether oxygens (including phenoxy) is 2. The molecule has 0 saturated heterocycles. The third kappa shape index (κ3) is 5.68. The molecule has 0 aliphatic heterocycles. The highest BCUT2D eigenvalue weighted by Crippen LogP contribution is 2.20. The maximum Gasteiger partial charge on any atom is 0.255 e. The molecule has 7 nitrogen and oxygen atoms in total. The van der Waals surface area contributed by atoms with E-state index in [0.717, 1.165) is 10.8 Å². The second-order valence-electron chi connectivity index (χ2n) is 6.93. The van der Waals surface area contributed by atoms with Gasteiger partial charge in [0.25, 0.3) is 5.91 Å². The molecule has 0 spiro atoms. The van der Waals surface area contributed by atoms with Crippen molar-refractivity contribution in [2.45, 2.75) is 4.90 Å². The molecule has 0 heterocycles. The standard InChI is InChI=1S/C23H26N2O5S/c1-29-15-13-25(14-16-30-2)31(27,28)22-11-8-19(9-12-22)23(26)24-21-10-7-18-5-3-4-6-20(18)17-21/h3-12,17H,13-16H2,1-2H3,(H,24,26). The Bertz CT molecular complexity index is 1120. The minimum Gasteiger partial charge on any atom is -0.383 e. The number of methoxy groups -OCH3 is 2. The van der Waals surface area contributed by atoms with Gasteiger partial charge in [-0.2, -0.15) is 4.31 Å². The summed E-state index contributed by atoms with van der Waals surface area (Å²) in [6.07, 6.45) is 0.